The van der Waals surface area contributed by atoms with Gasteiger partial charge in [0, 0.05) is 32.0 Å². The van der Waals surface area contributed by atoms with Crippen molar-refractivity contribution in [3.05, 3.63) is 29.8 Å². The van der Waals surface area contributed by atoms with E-state index in [0.29, 0.717) is 6.54 Å². The number of nitrogens with zero attached hydrogens (tertiary/aromatic N) is 1. The highest BCUT2D eigenvalue weighted by molar-refractivity contribution is 5.55. The molecule has 1 aromatic rings. The molecule has 2 N–H and O–H groups in total. The highest BCUT2D eigenvalue weighted by Gasteiger charge is 2.36. The summed E-state index contributed by atoms with van der Waals surface area (Å²) < 4.78 is 5.63. The van der Waals surface area contributed by atoms with Crippen molar-refractivity contribution in [2.45, 2.75) is 38.6 Å². The van der Waals surface area contributed by atoms with Crippen LogP contribution in [0, 0.1) is 6.92 Å². The normalized spacial score (nSPS) is 23.9. The van der Waals surface area contributed by atoms with Crippen LogP contribution in [0.3, 0.4) is 0 Å². The molecule has 3 nitrogen and oxygen atoms in total. The Morgan fingerprint density at radius 2 is 2.05 bits per heavy atom. The van der Waals surface area contributed by atoms with Crippen LogP contribution in [0.15, 0.2) is 24.3 Å². The van der Waals surface area contributed by atoms with E-state index >= 15 is 0 Å². The van der Waals surface area contributed by atoms with Crippen molar-refractivity contribution in [1.29, 1.82) is 0 Å². The maximum Gasteiger partial charge on any atom is 0.0546 e. The standard InChI is InChI=1S/C16H26N2O/c1-3-18(15-8-5-4-7-14(15)2)16(13-17)9-6-11-19-12-10-16/h4-5,7-8H,3,6,9-13,17H2,1-2H3. The fraction of sp³-hybridized carbons (Fsp3) is 0.625. The van der Waals surface area contributed by atoms with Crippen molar-refractivity contribution >= 4 is 5.69 Å². The molecule has 19 heavy (non-hydrogen) atoms. The molecule has 3 heteroatoms. The van der Waals surface area contributed by atoms with Gasteiger partial charge in [-0.2, -0.15) is 0 Å². The molecule has 1 heterocycles. The van der Waals surface area contributed by atoms with Crippen LogP contribution in [0.5, 0.6) is 0 Å². The second-order valence-electron chi connectivity index (χ2n) is 5.43. The topological polar surface area (TPSA) is 38.5 Å². The third-order valence-electron chi connectivity index (χ3n) is 4.32. The molecule has 2 rings (SSSR count). The van der Waals surface area contributed by atoms with Crippen molar-refractivity contribution in [3.63, 3.8) is 0 Å². The van der Waals surface area contributed by atoms with Crippen LogP contribution in [0.2, 0.25) is 0 Å². The number of para-hydroxylation sites is 1. The number of hydrogen-bond acceptors (Lipinski definition) is 3. The van der Waals surface area contributed by atoms with Gasteiger partial charge in [-0.05, 0) is 44.7 Å². The maximum atomic E-state index is 6.17. The van der Waals surface area contributed by atoms with Crippen LogP contribution in [-0.2, 0) is 4.74 Å². The molecule has 0 spiro atoms. The summed E-state index contributed by atoms with van der Waals surface area (Å²) >= 11 is 0. The molecule has 0 bridgehead atoms. The molecule has 1 saturated heterocycles. The van der Waals surface area contributed by atoms with E-state index in [1.54, 1.807) is 0 Å². The highest BCUT2D eigenvalue weighted by atomic mass is 16.5. The first-order valence-corrected chi connectivity index (χ1v) is 7.34. The molecule has 0 radical (unpaired) electrons. The van der Waals surface area contributed by atoms with Gasteiger partial charge in [0.15, 0.2) is 0 Å². The van der Waals surface area contributed by atoms with Crippen molar-refractivity contribution in [2.24, 2.45) is 5.73 Å². The lowest BCUT2D eigenvalue weighted by atomic mass is 9.87. The maximum absolute atomic E-state index is 6.17. The number of nitrogens with two attached hydrogens (primary N) is 1. The molecular weight excluding hydrogens is 236 g/mol. The second kappa shape index (κ2) is 6.40. The lowest BCUT2D eigenvalue weighted by Gasteiger charge is -2.44. The Hall–Kier alpha value is -1.06. The summed E-state index contributed by atoms with van der Waals surface area (Å²) in [6.07, 6.45) is 3.23. The third kappa shape index (κ3) is 2.93. The first-order valence-electron chi connectivity index (χ1n) is 7.34. The van der Waals surface area contributed by atoms with Crippen molar-refractivity contribution in [2.75, 3.05) is 31.2 Å². The Bertz CT molecular complexity index is 397. The third-order valence-corrected chi connectivity index (χ3v) is 4.32. The Morgan fingerprint density at radius 3 is 2.74 bits per heavy atom. The number of anilines is 1. The van der Waals surface area contributed by atoms with Gasteiger partial charge in [-0.15, -0.1) is 0 Å². The average molecular weight is 262 g/mol. The summed E-state index contributed by atoms with van der Waals surface area (Å²) in [6.45, 7) is 7.76. The summed E-state index contributed by atoms with van der Waals surface area (Å²) in [6, 6.07) is 8.60. The molecule has 1 unspecified atom stereocenters. The molecule has 1 aliphatic heterocycles. The second-order valence-corrected chi connectivity index (χ2v) is 5.43. The SMILES string of the molecule is CCN(c1ccccc1C)C1(CN)CCCOCC1. The van der Waals surface area contributed by atoms with Gasteiger partial charge >= 0.3 is 0 Å². The predicted molar refractivity (Wildman–Crippen MR) is 80.7 cm³/mol. The Labute approximate surface area is 116 Å². The van der Waals surface area contributed by atoms with E-state index in [1.807, 2.05) is 0 Å². The zero-order valence-corrected chi connectivity index (χ0v) is 12.2. The van der Waals surface area contributed by atoms with Crippen molar-refractivity contribution < 1.29 is 4.74 Å². The monoisotopic (exact) mass is 262 g/mol. The largest absolute Gasteiger partial charge is 0.381 e. The minimum Gasteiger partial charge on any atom is -0.381 e. The summed E-state index contributed by atoms with van der Waals surface area (Å²) in [7, 11) is 0. The van der Waals surface area contributed by atoms with E-state index in [9.17, 15) is 0 Å². The van der Waals surface area contributed by atoms with E-state index in [1.165, 1.54) is 11.3 Å². The van der Waals surface area contributed by atoms with Crippen LogP contribution in [0.25, 0.3) is 0 Å². The van der Waals surface area contributed by atoms with Gasteiger partial charge in [0.05, 0.1) is 5.54 Å². The molecule has 0 amide bonds. The fourth-order valence-corrected chi connectivity index (χ4v) is 3.20. The quantitative estimate of drug-likeness (QED) is 0.906. The number of hydrogen-bond donors (Lipinski definition) is 1. The Kier molecular flexibility index (Phi) is 4.83. The predicted octanol–water partition coefficient (Wildman–Crippen LogP) is 2.72. The number of ether oxygens (including phenoxy) is 1. The number of benzene rings is 1. The van der Waals surface area contributed by atoms with Crippen LogP contribution in [-0.4, -0.2) is 31.8 Å². The van der Waals surface area contributed by atoms with Crippen LogP contribution in [0.1, 0.15) is 31.7 Å². The minimum atomic E-state index is 0.0529. The summed E-state index contributed by atoms with van der Waals surface area (Å²) in [5.41, 5.74) is 8.87. The van der Waals surface area contributed by atoms with E-state index < -0.39 is 0 Å². The number of aryl methyl sites for hydroxylation is 1. The molecule has 106 valence electrons. The van der Waals surface area contributed by atoms with E-state index in [4.69, 9.17) is 10.5 Å². The van der Waals surface area contributed by atoms with Gasteiger partial charge < -0.3 is 15.4 Å². The van der Waals surface area contributed by atoms with Gasteiger partial charge in [0.25, 0.3) is 0 Å². The van der Waals surface area contributed by atoms with E-state index in [2.05, 4.69) is 43.0 Å². The lowest BCUT2D eigenvalue weighted by molar-refractivity contribution is 0.139. The zero-order chi connectivity index (χ0) is 13.7. The van der Waals surface area contributed by atoms with Crippen LogP contribution < -0.4 is 10.6 Å². The molecule has 1 atom stereocenters. The Morgan fingerprint density at radius 1 is 1.26 bits per heavy atom. The molecule has 1 aromatic carbocycles. The summed E-state index contributed by atoms with van der Waals surface area (Å²) in [4.78, 5) is 2.50. The molecule has 1 aliphatic rings. The molecule has 0 saturated carbocycles. The van der Waals surface area contributed by atoms with E-state index in [0.717, 1.165) is 39.0 Å². The molecule has 0 aromatic heterocycles. The molecule has 1 fully saturated rings. The van der Waals surface area contributed by atoms with Crippen LogP contribution in [0.4, 0.5) is 5.69 Å². The van der Waals surface area contributed by atoms with Gasteiger partial charge in [0.2, 0.25) is 0 Å². The van der Waals surface area contributed by atoms with E-state index in [-0.39, 0.29) is 5.54 Å². The summed E-state index contributed by atoms with van der Waals surface area (Å²) in [5, 5.41) is 0. The highest BCUT2D eigenvalue weighted by Crippen LogP contribution is 2.33. The minimum absolute atomic E-state index is 0.0529. The zero-order valence-electron chi connectivity index (χ0n) is 12.2. The Balaban J connectivity index is 2.35. The lowest BCUT2D eigenvalue weighted by Crippen LogP contribution is -2.54. The molecule has 0 aliphatic carbocycles. The van der Waals surface area contributed by atoms with Crippen LogP contribution >= 0.6 is 0 Å². The van der Waals surface area contributed by atoms with Crippen molar-refractivity contribution in [3.8, 4) is 0 Å². The van der Waals surface area contributed by atoms with Gasteiger partial charge in [-0.1, -0.05) is 18.2 Å². The fourth-order valence-electron chi connectivity index (χ4n) is 3.20. The van der Waals surface area contributed by atoms with Gasteiger partial charge in [-0.3, -0.25) is 0 Å². The first-order chi connectivity index (χ1) is 9.23. The van der Waals surface area contributed by atoms with Gasteiger partial charge in [-0.25, -0.2) is 0 Å². The first kappa shape index (κ1) is 14.4. The number of rotatable bonds is 4. The molecular formula is C16H26N2O. The average Bonchev–Trinajstić information content (AvgIpc) is 2.68. The van der Waals surface area contributed by atoms with Crippen molar-refractivity contribution in [1.82, 2.24) is 0 Å². The smallest absolute Gasteiger partial charge is 0.0546 e. The van der Waals surface area contributed by atoms with Gasteiger partial charge in [0.1, 0.15) is 0 Å². The summed E-state index contributed by atoms with van der Waals surface area (Å²) in [5.74, 6) is 0. The number of likely N-dealkylation sites (N-methyl/N-ethyl adjacent to an activating group) is 1.